The molecule has 13 heteroatoms. The van der Waals surface area contributed by atoms with E-state index >= 15 is 0 Å². The molecule has 5 aromatic rings. The number of H-pyrrole nitrogens is 1. The number of hydrogen-bond donors (Lipinski definition) is 8. The highest BCUT2D eigenvalue weighted by Gasteiger charge is 2.30. The smallest absolute Gasteiger partial charge is 0.249 e. The van der Waals surface area contributed by atoms with Gasteiger partial charge < -0.3 is 42.0 Å². The molecule has 48 heavy (non-hydrogen) atoms. The normalized spacial score (nSPS) is 13.1. The van der Waals surface area contributed by atoms with Crippen LogP contribution >= 0.6 is 0 Å². The number of aromatic hydroxyl groups is 1. The van der Waals surface area contributed by atoms with Gasteiger partial charge in [-0.3, -0.25) is 15.0 Å². The largest absolute Gasteiger partial charge is 0.508 e. The van der Waals surface area contributed by atoms with Gasteiger partial charge in [0.2, 0.25) is 17.7 Å². The van der Waals surface area contributed by atoms with Crippen molar-refractivity contribution in [3.8, 4) is 5.75 Å². The lowest BCUT2D eigenvalue weighted by Gasteiger charge is -2.24. The van der Waals surface area contributed by atoms with Gasteiger partial charge in [0.15, 0.2) is 11.8 Å². The number of phenols is 1. The molecule has 5 rings (SSSR count). The van der Waals surface area contributed by atoms with Crippen LogP contribution < -0.4 is 27.4 Å². The van der Waals surface area contributed by atoms with Gasteiger partial charge in [-0.2, -0.15) is 4.98 Å². The minimum absolute atomic E-state index is 0.111. The molecule has 3 unspecified atom stereocenters. The van der Waals surface area contributed by atoms with Crippen molar-refractivity contribution in [3.05, 3.63) is 112 Å². The summed E-state index contributed by atoms with van der Waals surface area (Å²) in [6, 6.07) is 18.1. The predicted octanol–water partition coefficient (Wildman–Crippen LogP) is 2.79. The number of amides is 2. The van der Waals surface area contributed by atoms with Gasteiger partial charge in [-0.15, -0.1) is 0 Å². The van der Waals surface area contributed by atoms with Crippen molar-refractivity contribution in [2.24, 2.45) is 11.5 Å². The van der Waals surface area contributed by atoms with Crippen molar-refractivity contribution in [2.45, 2.75) is 57.7 Å². The summed E-state index contributed by atoms with van der Waals surface area (Å²) in [4.78, 5) is 35.4. The van der Waals surface area contributed by atoms with E-state index in [-0.39, 0.29) is 37.0 Å². The molecule has 0 aliphatic heterocycles. The fourth-order valence-corrected chi connectivity index (χ4v) is 5.73. The second-order valence-electron chi connectivity index (χ2n) is 11.9. The first-order valence-corrected chi connectivity index (χ1v) is 15.7. The SMILES string of the molecule is Cc1cc(O)cc(C)c1CC(NC(=O)C(N)CCNC(=N)N)C(=O)NC(Cc1c[nH]c2ccccc12)c1nc(Cc2ccccc2)no1. The Hall–Kier alpha value is -5.69. The zero-order chi connectivity index (χ0) is 34.2. The molecule has 0 fully saturated rings. The molecule has 10 N–H and O–H groups in total. The Morgan fingerprint density at radius 1 is 1.00 bits per heavy atom. The van der Waals surface area contributed by atoms with Crippen LogP contribution in [0.3, 0.4) is 0 Å². The van der Waals surface area contributed by atoms with Crippen LogP contribution in [-0.2, 0) is 28.9 Å². The summed E-state index contributed by atoms with van der Waals surface area (Å²) < 4.78 is 5.74. The van der Waals surface area contributed by atoms with E-state index in [1.807, 2.05) is 74.6 Å². The molecule has 0 saturated carbocycles. The van der Waals surface area contributed by atoms with Crippen molar-refractivity contribution in [3.63, 3.8) is 0 Å². The first-order chi connectivity index (χ1) is 23.1. The van der Waals surface area contributed by atoms with E-state index in [1.165, 1.54) is 0 Å². The third-order valence-electron chi connectivity index (χ3n) is 8.23. The quantitative estimate of drug-likeness (QED) is 0.0652. The average molecular weight is 652 g/mol. The van der Waals surface area contributed by atoms with Crippen molar-refractivity contribution >= 4 is 28.7 Å². The van der Waals surface area contributed by atoms with E-state index in [1.54, 1.807) is 12.1 Å². The zero-order valence-electron chi connectivity index (χ0n) is 26.9. The van der Waals surface area contributed by atoms with Gasteiger partial charge in [0.05, 0.1) is 6.04 Å². The summed E-state index contributed by atoms with van der Waals surface area (Å²) in [5.41, 5.74) is 16.8. The van der Waals surface area contributed by atoms with Crippen molar-refractivity contribution in [2.75, 3.05) is 6.54 Å². The number of nitrogens with one attached hydrogen (secondary N) is 5. The summed E-state index contributed by atoms with van der Waals surface area (Å²) in [7, 11) is 0. The molecule has 0 radical (unpaired) electrons. The predicted molar refractivity (Wildman–Crippen MR) is 182 cm³/mol. The maximum Gasteiger partial charge on any atom is 0.249 e. The van der Waals surface area contributed by atoms with E-state index in [0.717, 1.165) is 38.7 Å². The number of guanidine groups is 1. The van der Waals surface area contributed by atoms with Crippen LogP contribution in [0.15, 0.2) is 77.4 Å². The highest BCUT2D eigenvalue weighted by Crippen LogP contribution is 2.26. The summed E-state index contributed by atoms with van der Waals surface area (Å²) in [5.74, 6) is -0.427. The van der Waals surface area contributed by atoms with Crippen LogP contribution in [0, 0.1) is 19.3 Å². The second-order valence-corrected chi connectivity index (χ2v) is 11.9. The molecule has 2 amide bonds. The first kappa shape index (κ1) is 33.7. The number of para-hydroxylation sites is 1. The summed E-state index contributed by atoms with van der Waals surface area (Å²) in [6.45, 7) is 3.89. The number of nitrogens with zero attached hydrogens (tertiary/aromatic N) is 2. The lowest BCUT2D eigenvalue weighted by atomic mass is 9.95. The van der Waals surface area contributed by atoms with Gasteiger partial charge in [0, 0.05) is 42.9 Å². The zero-order valence-corrected chi connectivity index (χ0v) is 26.9. The van der Waals surface area contributed by atoms with Crippen LogP contribution in [0.4, 0.5) is 0 Å². The number of carbonyl (C=O) groups is 2. The van der Waals surface area contributed by atoms with E-state index in [0.29, 0.717) is 18.7 Å². The van der Waals surface area contributed by atoms with Crippen molar-refractivity contribution < 1.29 is 19.2 Å². The third-order valence-corrected chi connectivity index (χ3v) is 8.23. The summed E-state index contributed by atoms with van der Waals surface area (Å²) in [6.07, 6.45) is 2.99. The first-order valence-electron chi connectivity index (χ1n) is 15.7. The molecule has 0 saturated heterocycles. The molecule has 13 nitrogen and oxygen atoms in total. The highest BCUT2D eigenvalue weighted by molar-refractivity contribution is 5.90. The van der Waals surface area contributed by atoms with E-state index in [4.69, 9.17) is 21.4 Å². The molecule has 0 spiro atoms. The number of aryl methyl sites for hydroxylation is 2. The Kier molecular flexibility index (Phi) is 10.7. The summed E-state index contributed by atoms with van der Waals surface area (Å²) in [5, 5.41) is 31.2. The maximum absolute atomic E-state index is 14.2. The van der Waals surface area contributed by atoms with Crippen LogP contribution in [0.2, 0.25) is 0 Å². The number of carbonyl (C=O) groups excluding carboxylic acids is 2. The van der Waals surface area contributed by atoms with Gasteiger partial charge in [0.1, 0.15) is 17.8 Å². The molecule has 3 aromatic carbocycles. The third kappa shape index (κ3) is 8.56. The minimum atomic E-state index is -1.04. The van der Waals surface area contributed by atoms with E-state index in [9.17, 15) is 14.7 Å². The standard InChI is InChI=1S/C35H41N9O4/c1-20-14-24(45)15-21(2)26(20)18-29(41-32(46)27(36)12-13-39-35(37)38)33(47)42-30(17-23-19-40-28-11-7-6-10-25(23)28)34-43-31(44-48-34)16-22-8-4-3-5-9-22/h3-11,14-15,19,27,29-30,40,45H,12-13,16-18,36H2,1-2H3,(H,41,46)(H,42,47)(H4,37,38,39). The number of aromatic nitrogens is 3. The van der Waals surface area contributed by atoms with Crippen molar-refractivity contribution in [1.29, 1.82) is 5.41 Å². The number of aromatic amines is 1. The number of fused-ring (bicyclic) bond motifs is 1. The molecular formula is C35H41N9O4. The monoisotopic (exact) mass is 651 g/mol. The lowest BCUT2D eigenvalue weighted by molar-refractivity contribution is -0.130. The van der Waals surface area contributed by atoms with Crippen LogP contribution in [0.5, 0.6) is 5.75 Å². The van der Waals surface area contributed by atoms with Gasteiger partial charge in [-0.05, 0) is 66.3 Å². The van der Waals surface area contributed by atoms with Gasteiger partial charge in [-0.25, -0.2) is 0 Å². The Labute approximate surface area is 278 Å². The van der Waals surface area contributed by atoms with Crippen LogP contribution in [0.25, 0.3) is 10.9 Å². The average Bonchev–Trinajstić information content (AvgIpc) is 3.69. The number of benzene rings is 3. The van der Waals surface area contributed by atoms with E-state index < -0.39 is 29.9 Å². The Bertz CT molecular complexity index is 1860. The Morgan fingerprint density at radius 3 is 2.44 bits per heavy atom. The number of phenolic OH excluding ortho intramolecular Hbond substituents is 1. The lowest BCUT2D eigenvalue weighted by Crippen LogP contribution is -2.53. The highest BCUT2D eigenvalue weighted by atomic mass is 16.5. The van der Waals surface area contributed by atoms with Crippen molar-refractivity contribution in [1.82, 2.24) is 31.1 Å². The number of hydrogen-bond acceptors (Lipinski definition) is 8. The fourth-order valence-electron chi connectivity index (χ4n) is 5.73. The topological polar surface area (TPSA) is 221 Å². The van der Waals surface area contributed by atoms with Gasteiger partial charge in [0.25, 0.3) is 0 Å². The van der Waals surface area contributed by atoms with Crippen LogP contribution in [0.1, 0.15) is 52.0 Å². The molecule has 2 aromatic heterocycles. The summed E-state index contributed by atoms with van der Waals surface area (Å²) >= 11 is 0. The molecule has 0 aliphatic rings. The second kappa shape index (κ2) is 15.3. The number of rotatable bonds is 14. The molecule has 2 heterocycles. The Balaban J connectivity index is 1.43. The molecule has 0 aliphatic carbocycles. The molecule has 250 valence electrons. The molecule has 0 bridgehead atoms. The Morgan fingerprint density at radius 2 is 1.71 bits per heavy atom. The minimum Gasteiger partial charge on any atom is -0.508 e. The molecular weight excluding hydrogens is 610 g/mol. The van der Waals surface area contributed by atoms with E-state index in [2.05, 4.69) is 31.1 Å². The van der Waals surface area contributed by atoms with Gasteiger partial charge >= 0.3 is 0 Å². The van der Waals surface area contributed by atoms with Gasteiger partial charge in [-0.1, -0.05) is 53.7 Å². The maximum atomic E-state index is 14.2. The van der Waals surface area contributed by atoms with Crippen LogP contribution in [-0.4, -0.2) is 56.6 Å². The fraction of sp³-hybridized carbons (Fsp3) is 0.286. The molecule has 3 atom stereocenters. The number of nitrogens with two attached hydrogens (primary N) is 2.